The molecule has 4 rings (SSSR count). The highest BCUT2D eigenvalue weighted by Gasteiger charge is 2.46. The number of hydrogen-bond acceptors (Lipinski definition) is 5. The van der Waals surface area contributed by atoms with Crippen molar-refractivity contribution in [2.24, 2.45) is 22.9 Å². The fourth-order valence-electron chi connectivity index (χ4n) is 6.48. The van der Waals surface area contributed by atoms with Crippen LogP contribution in [0.5, 0.6) is 0 Å². The molecule has 3 fully saturated rings. The molecule has 4 aliphatic rings. The summed E-state index contributed by atoms with van der Waals surface area (Å²) >= 11 is 0. The van der Waals surface area contributed by atoms with E-state index in [-0.39, 0.29) is 23.5 Å². The van der Waals surface area contributed by atoms with Gasteiger partial charge in [0.25, 0.3) is 10.0 Å². The summed E-state index contributed by atoms with van der Waals surface area (Å²) in [7, 11) is 0.114. The van der Waals surface area contributed by atoms with E-state index in [9.17, 15) is 8.42 Å². The van der Waals surface area contributed by atoms with E-state index in [4.69, 9.17) is 14.6 Å². The van der Waals surface area contributed by atoms with Crippen LogP contribution in [0.15, 0.2) is 5.10 Å². The summed E-state index contributed by atoms with van der Waals surface area (Å²) in [5.41, 5.74) is 1.10. The first kappa shape index (κ1) is 23.5. The number of hydrazone groups is 1. The van der Waals surface area contributed by atoms with Gasteiger partial charge in [-0.05, 0) is 56.8 Å². The molecule has 3 aliphatic carbocycles. The van der Waals surface area contributed by atoms with Crippen molar-refractivity contribution < 1.29 is 17.9 Å². The van der Waals surface area contributed by atoms with Gasteiger partial charge in [-0.15, -0.1) is 0 Å². The molecule has 4 unspecified atom stereocenters. The van der Waals surface area contributed by atoms with Crippen molar-refractivity contribution >= 4 is 15.7 Å². The number of hydrogen-bond donors (Lipinski definition) is 0. The second kappa shape index (κ2) is 10.1. The molecule has 1 heterocycles. The van der Waals surface area contributed by atoms with Gasteiger partial charge in [0, 0.05) is 32.3 Å². The highest BCUT2D eigenvalue weighted by molar-refractivity contribution is 7.89. The van der Waals surface area contributed by atoms with Crippen molar-refractivity contribution in [2.45, 2.75) is 114 Å². The van der Waals surface area contributed by atoms with Gasteiger partial charge in [-0.1, -0.05) is 39.0 Å². The third-order valence-corrected chi connectivity index (χ3v) is 10.8. The third-order valence-electron chi connectivity index (χ3n) is 8.58. The van der Waals surface area contributed by atoms with E-state index < -0.39 is 10.0 Å². The van der Waals surface area contributed by atoms with Crippen LogP contribution in [-0.4, -0.2) is 56.3 Å². The van der Waals surface area contributed by atoms with Crippen LogP contribution in [0, 0.1) is 17.8 Å². The first-order valence-corrected chi connectivity index (χ1v) is 14.1. The Morgan fingerprint density at radius 1 is 0.871 bits per heavy atom. The minimum atomic E-state index is -3.39. The number of methoxy groups -OCH3 is 2. The number of rotatable bonds is 6. The average Bonchev–Trinajstić information content (AvgIpc) is 3.26. The molecule has 6 nitrogen and oxygen atoms in total. The molecule has 0 spiro atoms. The van der Waals surface area contributed by atoms with E-state index in [0.29, 0.717) is 11.8 Å². The second-order valence-corrected chi connectivity index (χ2v) is 12.6. The van der Waals surface area contributed by atoms with E-state index in [1.165, 1.54) is 12.8 Å². The SMILES string of the molecule is COC1CCC(C2=NN(S(=O)(=O)C3CCCCC3)C(C3CCC(C)CC3)C2)CC1OC. The Balaban J connectivity index is 1.56. The van der Waals surface area contributed by atoms with E-state index in [2.05, 4.69) is 6.92 Å². The second-order valence-electron chi connectivity index (χ2n) is 10.5. The number of ether oxygens (including phenoxy) is 2. The van der Waals surface area contributed by atoms with Crippen LogP contribution in [0.4, 0.5) is 0 Å². The summed E-state index contributed by atoms with van der Waals surface area (Å²) in [6.45, 7) is 2.32. The molecule has 0 amide bonds. The molecule has 0 aromatic carbocycles. The Bertz CT molecular complexity index is 726. The first-order valence-electron chi connectivity index (χ1n) is 12.6. The normalized spacial score (nSPS) is 38.3. The van der Waals surface area contributed by atoms with Gasteiger partial charge in [-0.2, -0.15) is 9.52 Å². The highest BCUT2D eigenvalue weighted by Crippen LogP contribution is 2.42. The van der Waals surface area contributed by atoms with Crippen molar-refractivity contribution in [3.05, 3.63) is 0 Å². The maximum atomic E-state index is 13.7. The minimum absolute atomic E-state index is 0.0237. The molecule has 0 bridgehead atoms. The Morgan fingerprint density at radius 2 is 1.55 bits per heavy atom. The standard InChI is InChI=1S/C24H42N2O4S/c1-17-9-11-18(12-10-17)22-16-21(19-13-14-23(29-2)24(15-19)30-3)25-26(22)31(27,28)20-7-5-4-6-8-20/h17-20,22-24H,4-16H2,1-3H3. The smallest absolute Gasteiger partial charge is 0.252 e. The molecule has 7 heteroatoms. The van der Waals surface area contributed by atoms with Crippen LogP contribution in [0.1, 0.15) is 90.4 Å². The first-order chi connectivity index (χ1) is 14.9. The van der Waals surface area contributed by atoms with Crippen LogP contribution in [0.3, 0.4) is 0 Å². The van der Waals surface area contributed by atoms with Crippen molar-refractivity contribution in [1.82, 2.24) is 4.41 Å². The fourth-order valence-corrected chi connectivity index (χ4v) is 8.56. The van der Waals surface area contributed by atoms with Crippen molar-refractivity contribution in [3.8, 4) is 0 Å². The fraction of sp³-hybridized carbons (Fsp3) is 0.958. The van der Waals surface area contributed by atoms with Crippen molar-refractivity contribution in [2.75, 3.05) is 14.2 Å². The quantitative estimate of drug-likeness (QED) is 0.581. The van der Waals surface area contributed by atoms with E-state index in [1.54, 1.807) is 18.6 Å². The molecule has 178 valence electrons. The van der Waals surface area contributed by atoms with Gasteiger partial charge in [-0.25, -0.2) is 8.42 Å². The molecule has 0 saturated heterocycles. The summed E-state index contributed by atoms with van der Waals surface area (Å²) in [4.78, 5) is 0. The van der Waals surface area contributed by atoms with E-state index in [1.807, 2.05) is 0 Å². The Labute approximate surface area is 189 Å². The van der Waals surface area contributed by atoms with Crippen LogP contribution in [-0.2, 0) is 19.5 Å². The van der Waals surface area contributed by atoms with Gasteiger partial charge in [0.1, 0.15) is 0 Å². The molecular formula is C24H42N2O4S. The zero-order valence-electron chi connectivity index (χ0n) is 19.7. The zero-order valence-corrected chi connectivity index (χ0v) is 20.5. The van der Waals surface area contributed by atoms with Crippen LogP contribution < -0.4 is 0 Å². The summed E-state index contributed by atoms with van der Waals surface area (Å²) in [5, 5.41) is 4.67. The molecule has 4 atom stereocenters. The molecule has 0 N–H and O–H groups in total. The highest BCUT2D eigenvalue weighted by atomic mass is 32.2. The molecule has 31 heavy (non-hydrogen) atoms. The van der Waals surface area contributed by atoms with Crippen molar-refractivity contribution in [3.63, 3.8) is 0 Å². The summed E-state index contributed by atoms with van der Waals surface area (Å²) in [6.07, 6.45) is 13.3. The predicted octanol–water partition coefficient (Wildman–Crippen LogP) is 4.74. The Kier molecular flexibility index (Phi) is 7.64. The van der Waals surface area contributed by atoms with Gasteiger partial charge in [0.2, 0.25) is 0 Å². The average molecular weight is 455 g/mol. The summed E-state index contributed by atoms with van der Waals surface area (Å²) in [5.74, 6) is 1.49. The zero-order chi connectivity index (χ0) is 22.0. The van der Waals surface area contributed by atoms with E-state index >= 15 is 0 Å². The number of nitrogens with zero attached hydrogens (tertiary/aromatic N) is 2. The Hall–Kier alpha value is -0.660. The maximum Gasteiger partial charge on any atom is 0.252 e. The predicted molar refractivity (Wildman–Crippen MR) is 124 cm³/mol. The maximum absolute atomic E-state index is 13.7. The topological polar surface area (TPSA) is 68.2 Å². The molecule has 0 radical (unpaired) electrons. The van der Waals surface area contributed by atoms with Gasteiger partial charge in [0.05, 0.1) is 23.5 Å². The molecule has 0 aromatic heterocycles. The summed E-state index contributed by atoms with van der Waals surface area (Å²) < 4.78 is 40.4. The lowest BCUT2D eigenvalue weighted by Gasteiger charge is -2.36. The van der Waals surface area contributed by atoms with Crippen molar-refractivity contribution in [1.29, 1.82) is 0 Å². The van der Waals surface area contributed by atoms with Gasteiger partial charge < -0.3 is 9.47 Å². The van der Waals surface area contributed by atoms with Crippen LogP contribution in [0.25, 0.3) is 0 Å². The lowest BCUT2D eigenvalue weighted by molar-refractivity contribution is -0.0639. The molecule has 1 aliphatic heterocycles. The molecule has 0 aromatic rings. The molecular weight excluding hydrogens is 412 g/mol. The molecule has 3 saturated carbocycles. The van der Waals surface area contributed by atoms with Crippen LogP contribution >= 0.6 is 0 Å². The largest absolute Gasteiger partial charge is 0.379 e. The van der Waals surface area contributed by atoms with Gasteiger partial charge in [-0.3, -0.25) is 0 Å². The van der Waals surface area contributed by atoms with Gasteiger partial charge >= 0.3 is 0 Å². The minimum Gasteiger partial charge on any atom is -0.379 e. The summed E-state index contributed by atoms with van der Waals surface area (Å²) in [6, 6.07) is 0.0237. The van der Waals surface area contributed by atoms with Gasteiger partial charge in [0.15, 0.2) is 0 Å². The lowest BCUT2D eigenvalue weighted by Crippen LogP contribution is -2.44. The number of sulfonamides is 1. The Morgan fingerprint density at radius 3 is 2.19 bits per heavy atom. The third kappa shape index (κ3) is 4.98. The van der Waals surface area contributed by atoms with E-state index in [0.717, 1.165) is 82.3 Å². The monoisotopic (exact) mass is 454 g/mol. The lowest BCUT2D eigenvalue weighted by atomic mass is 9.76. The van der Waals surface area contributed by atoms with Crippen LogP contribution in [0.2, 0.25) is 0 Å².